The zero-order valence-corrected chi connectivity index (χ0v) is 11.4. The summed E-state index contributed by atoms with van der Waals surface area (Å²) in [6, 6.07) is 8.39. The molecular weight excluding hydrogens is 224 g/mol. The fourth-order valence-electron chi connectivity index (χ4n) is 2.62. The first-order valence-electron chi connectivity index (χ1n) is 7.00. The second kappa shape index (κ2) is 6.35. The summed E-state index contributed by atoms with van der Waals surface area (Å²) in [6.45, 7) is 6.10. The molecule has 1 aromatic carbocycles. The van der Waals surface area contributed by atoms with Crippen LogP contribution in [0.2, 0.25) is 0 Å². The van der Waals surface area contributed by atoms with E-state index in [2.05, 4.69) is 32.0 Å². The predicted octanol–water partition coefficient (Wildman–Crippen LogP) is 3.35. The Morgan fingerprint density at radius 3 is 2.89 bits per heavy atom. The molecule has 0 aliphatic carbocycles. The van der Waals surface area contributed by atoms with Crippen LogP contribution in [0, 0.1) is 11.8 Å². The Kier molecular flexibility index (Phi) is 4.79. The van der Waals surface area contributed by atoms with Crippen LogP contribution in [-0.2, 0) is 11.2 Å². The van der Waals surface area contributed by atoms with Crippen molar-refractivity contribution in [2.45, 2.75) is 39.2 Å². The van der Waals surface area contributed by atoms with Crippen molar-refractivity contribution >= 4 is 0 Å². The summed E-state index contributed by atoms with van der Waals surface area (Å²) in [6.07, 6.45) is 2.64. The van der Waals surface area contributed by atoms with Gasteiger partial charge in [0.1, 0.15) is 0 Å². The van der Waals surface area contributed by atoms with Gasteiger partial charge in [-0.05, 0) is 42.2 Å². The van der Waals surface area contributed by atoms with Crippen molar-refractivity contribution in [3.05, 3.63) is 35.4 Å². The minimum Gasteiger partial charge on any atom is -0.388 e. The molecule has 18 heavy (non-hydrogen) atoms. The van der Waals surface area contributed by atoms with E-state index in [-0.39, 0.29) is 6.10 Å². The molecule has 0 spiro atoms. The molecule has 0 amide bonds. The summed E-state index contributed by atoms with van der Waals surface area (Å²) in [5.41, 5.74) is 2.38. The molecule has 2 nitrogen and oxygen atoms in total. The predicted molar refractivity (Wildman–Crippen MR) is 73.5 cm³/mol. The molecule has 1 fully saturated rings. The third-order valence-corrected chi connectivity index (χ3v) is 3.56. The van der Waals surface area contributed by atoms with Gasteiger partial charge in [-0.15, -0.1) is 0 Å². The van der Waals surface area contributed by atoms with E-state index in [1.54, 1.807) is 0 Å². The summed E-state index contributed by atoms with van der Waals surface area (Å²) in [4.78, 5) is 0. The van der Waals surface area contributed by atoms with Crippen LogP contribution >= 0.6 is 0 Å². The van der Waals surface area contributed by atoms with Crippen LogP contribution in [0.25, 0.3) is 0 Å². The maximum Gasteiger partial charge on any atom is 0.0793 e. The molecule has 1 heterocycles. The molecule has 2 heteroatoms. The van der Waals surface area contributed by atoms with Crippen molar-refractivity contribution in [2.24, 2.45) is 11.8 Å². The van der Waals surface area contributed by atoms with Crippen LogP contribution in [0.5, 0.6) is 0 Å². The number of benzene rings is 1. The minimum atomic E-state index is -0.344. The largest absolute Gasteiger partial charge is 0.388 e. The number of ether oxygens (including phenoxy) is 1. The van der Waals surface area contributed by atoms with E-state index in [4.69, 9.17) is 4.74 Å². The van der Waals surface area contributed by atoms with Crippen molar-refractivity contribution in [2.75, 3.05) is 13.2 Å². The van der Waals surface area contributed by atoms with E-state index in [0.717, 1.165) is 38.0 Å². The van der Waals surface area contributed by atoms with Gasteiger partial charge in [-0.1, -0.05) is 38.1 Å². The topological polar surface area (TPSA) is 29.5 Å². The minimum absolute atomic E-state index is 0.344. The van der Waals surface area contributed by atoms with Gasteiger partial charge in [0.2, 0.25) is 0 Å². The fourth-order valence-corrected chi connectivity index (χ4v) is 2.62. The van der Waals surface area contributed by atoms with Crippen molar-refractivity contribution in [1.82, 2.24) is 0 Å². The highest BCUT2D eigenvalue weighted by Gasteiger charge is 2.20. The van der Waals surface area contributed by atoms with Crippen LogP contribution in [0.3, 0.4) is 0 Å². The summed E-state index contributed by atoms with van der Waals surface area (Å²) in [5, 5.41) is 10.3. The lowest BCUT2D eigenvalue weighted by molar-refractivity contribution is 0.129. The molecule has 0 bridgehead atoms. The standard InChI is InChI=1S/C16H24O2/c1-12(2)8-13-4-3-5-15(9-13)16(17)10-14-6-7-18-11-14/h3-5,9,12,14,16-17H,6-8,10-11H2,1-2H3. The van der Waals surface area contributed by atoms with Crippen LogP contribution < -0.4 is 0 Å². The van der Waals surface area contributed by atoms with Gasteiger partial charge >= 0.3 is 0 Å². The molecule has 100 valence electrons. The summed E-state index contributed by atoms with van der Waals surface area (Å²) >= 11 is 0. The van der Waals surface area contributed by atoms with E-state index in [9.17, 15) is 5.11 Å². The van der Waals surface area contributed by atoms with Crippen molar-refractivity contribution in [3.63, 3.8) is 0 Å². The second-order valence-corrected chi connectivity index (χ2v) is 5.82. The molecule has 1 aliphatic rings. The highest BCUT2D eigenvalue weighted by Crippen LogP contribution is 2.27. The van der Waals surface area contributed by atoms with E-state index in [0.29, 0.717) is 11.8 Å². The average Bonchev–Trinajstić information content (AvgIpc) is 2.81. The Hall–Kier alpha value is -0.860. The van der Waals surface area contributed by atoms with Gasteiger partial charge in [0.25, 0.3) is 0 Å². The fraction of sp³-hybridized carbons (Fsp3) is 0.625. The highest BCUT2D eigenvalue weighted by atomic mass is 16.5. The number of hydrogen-bond acceptors (Lipinski definition) is 2. The Morgan fingerprint density at radius 1 is 1.39 bits per heavy atom. The lowest BCUT2D eigenvalue weighted by Gasteiger charge is -2.16. The molecule has 1 N–H and O–H groups in total. The third kappa shape index (κ3) is 3.82. The summed E-state index contributed by atoms with van der Waals surface area (Å²) in [5.74, 6) is 1.18. The summed E-state index contributed by atoms with van der Waals surface area (Å²) < 4.78 is 5.36. The molecule has 0 radical (unpaired) electrons. The first-order valence-corrected chi connectivity index (χ1v) is 7.00. The highest BCUT2D eigenvalue weighted by molar-refractivity contribution is 5.25. The van der Waals surface area contributed by atoms with Gasteiger partial charge in [-0.25, -0.2) is 0 Å². The smallest absolute Gasteiger partial charge is 0.0793 e. The van der Waals surface area contributed by atoms with Crippen molar-refractivity contribution < 1.29 is 9.84 Å². The molecule has 1 aliphatic heterocycles. The van der Waals surface area contributed by atoms with Crippen molar-refractivity contribution in [3.8, 4) is 0 Å². The van der Waals surface area contributed by atoms with Gasteiger partial charge in [-0.3, -0.25) is 0 Å². The molecule has 2 atom stereocenters. The van der Waals surface area contributed by atoms with Crippen molar-refractivity contribution in [1.29, 1.82) is 0 Å². The molecule has 0 saturated carbocycles. The lowest BCUT2D eigenvalue weighted by Crippen LogP contribution is -2.07. The van der Waals surface area contributed by atoms with Gasteiger partial charge in [0.05, 0.1) is 6.10 Å². The quantitative estimate of drug-likeness (QED) is 0.866. The maximum absolute atomic E-state index is 10.3. The van der Waals surface area contributed by atoms with Crippen LogP contribution in [-0.4, -0.2) is 18.3 Å². The normalized spacial score (nSPS) is 21.4. The summed E-state index contributed by atoms with van der Waals surface area (Å²) in [7, 11) is 0. The van der Waals surface area contributed by atoms with Crippen LogP contribution in [0.15, 0.2) is 24.3 Å². The Labute approximate surface area is 110 Å². The number of aliphatic hydroxyl groups excluding tert-OH is 1. The monoisotopic (exact) mass is 248 g/mol. The first kappa shape index (κ1) is 13.6. The molecule has 0 aromatic heterocycles. The number of rotatable bonds is 5. The molecule has 2 unspecified atom stereocenters. The first-order chi connectivity index (χ1) is 8.65. The third-order valence-electron chi connectivity index (χ3n) is 3.56. The van der Waals surface area contributed by atoms with Gasteiger partial charge in [0, 0.05) is 13.2 Å². The Balaban J connectivity index is 1.98. The van der Waals surface area contributed by atoms with E-state index < -0.39 is 0 Å². The Bertz CT molecular complexity index is 367. The number of hydrogen-bond donors (Lipinski definition) is 1. The molecule has 1 saturated heterocycles. The van der Waals surface area contributed by atoms with Gasteiger partial charge in [0.15, 0.2) is 0 Å². The van der Waals surface area contributed by atoms with E-state index >= 15 is 0 Å². The molecular formula is C16H24O2. The van der Waals surface area contributed by atoms with Gasteiger partial charge < -0.3 is 9.84 Å². The van der Waals surface area contributed by atoms with Crippen LogP contribution in [0.4, 0.5) is 0 Å². The molecule has 1 aromatic rings. The second-order valence-electron chi connectivity index (χ2n) is 5.82. The molecule has 2 rings (SSSR count). The van der Waals surface area contributed by atoms with E-state index in [1.165, 1.54) is 5.56 Å². The SMILES string of the molecule is CC(C)Cc1cccc(C(O)CC2CCOC2)c1. The zero-order chi connectivity index (χ0) is 13.0. The van der Waals surface area contributed by atoms with Crippen LogP contribution in [0.1, 0.15) is 43.9 Å². The van der Waals surface area contributed by atoms with E-state index in [1.807, 2.05) is 6.07 Å². The van der Waals surface area contributed by atoms with Gasteiger partial charge in [-0.2, -0.15) is 0 Å². The Morgan fingerprint density at radius 2 is 2.22 bits per heavy atom. The number of aliphatic hydroxyl groups is 1. The lowest BCUT2D eigenvalue weighted by atomic mass is 9.94. The zero-order valence-electron chi connectivity index (χ0n) is 11.4. The maximum atomic E-state index is 10.3. The average molecular weight is 248 g/mol.